The van der Waals surface area contributed by atoms with Crippen LogP contribution in [0.5, 0.6) is 0 Å². The smallest absolute Gasteiger partial charge is 0.137 e. The van der Waals surface area contributed by atoms with Crippen LogP contribution in [0.25, 0.3) is 0 Å². The van der Waals surface area contributed by atoms with E-state index >= 15 is 0 Å². The van der Waals surface area contributed by atoms with Crippen LogP contribution in [0.1, 0.15) is 42.8 Å². The summed E-state index contributed by atoms with van der Waals surface area (Å²) in [7, 11) is 0. The normalized spacial score (nSPS) is 12.6. The van der Waals surface area contributed by atoms with Crippen LogP contribution in [0.3, 0.4) is 0 Å². The Bertz CT molecular complexity index is 428. The highest BCUT2D eigenvalue weighted by atomic mass is 16.4. The lowest BCUT2D eigenvalue weighted by Gasteiger charge is -2.09. The summed E-state index contributed by atoms with van der Waals surface area (Å²) in [5.74, 6) is 0.589. The zero-order chi connectivity index (χ0) is 12.1. The van der Waals surface area contributed by atoms with Gasteiger partial charge < -0.3 is 9.52 Å². The first-order valence-corrected chi connectivity index (χ1v) is 6.11. The van der Waals surface area contributed by atoms with Crippen molar-refractivity contribution in [3.05, 3.63) is 59.5 Å². The van der Waals surface area contributed by atoms with Crippen LogP contribution in [0.4, 0.5) is 0 Å². The van der Waals surface area contributed by atoms with Crippen molar-refractivity contribution in [3.63, 3.8) is 0 Å². The second kappa shape index (κ2) is 5.69. The van der Waals surface area contributed by atoms with E-state index in [-0.39, 0.29) is 0 Å². The fourth-order valence-corrected chi connectivity index (χ4v) is 1.86. The molecule has 0 spiro atoms. The van der Waals surface area contributed by atoms with E-state index in [9.17, 15) is 5.11 Å². The van der Waals surface area contributed by atoms with Gasteiger partial charge in [0.05, 0.1) is 6.26 Å². The van der Waals surface area contributed by atoms with E-state index in [1.807, 2.05) is 12.1 Å². The molecule has 1 atom stereocenters. The maximum absolute atomic E-state index is 10.1. The maximum Gasteiger partial charge on any atom is 0.137 e. The number of aryl methyl sites for hydroxylation is 1. The number of rotatable bonds is 5. The van der Waals surface area contributed by atoms with E-state index in [1.165, 1.54) is 18.4 Å². The molecule has 1 aromatic carbocycles. The van der Waals surface area contributed by atoms with Gasteiger partial charge in [-0.1, -0.05) is 37.6 Å². The summed E-state index contributed by atoms with van der Waals surface area (Å²) < 4.78 is 5.19. The molecule has 0 aliphatic carbocycles. The van der Waals surface area contributed by atoms with Gasteiger partial charge in [0.25, 0.3) is 0 Å². The quantitative estimate of drug-likeness (QED) is 0.849. The molecular weight excluding hydrogens is 212 g/mol. The predicted molar refractivity (Wildman–Crippen MR) is 67.8 cm³/mol. The van der Waals surface area contributed by atoms with E-state index in [0.29, 0.717) is 5.76 Å². The lowest BCUT2D eigenvalue weighted by atomic mass is 10.0. The van der Waals surface area contributed by atoms with Crippen LogP contribution in [-0.2, 0) is 6.42 Å². The average Bonchev–Trinajstić information content (AvgIpc) is 2.90. The maximum atomic E-state index is 10.1. The van der Waals surface area contributed by atoms with Gasteiger partial charge in [0.15, 0.2) is 0 Å². The zero-order valence-corrected chi connectivity index (χ0v) is 10.1. The third kappa shape index (κ3) is 2.98. The van der Waals surface area contributed by atoms with E-state index in [2.05, 4.69) is 19.1 Å². The summed E-state index contributed by atoms with van der Waals surface area (Å²) in [5.41, 5.74) is 2.20. The van der Waals surface area contributed by atoms with E-state index in [4.69, 9.17) is 4.42 Å². The van der Waals surface area contributed by atoms with Crippen molar-refractivity contribution in [2.45, 2.75) is 32.3 Å². The molecule has 0 saturated heterocycles. The number of benzene rings is 1. The van der Waals surface area contributed by atoms with E-state index < -0.39 is 6.10 Å². The van der Waals surface area contributed by atoms with Crippen LogP contribution >= 0.6 is 0 Å². The molecule has 0 aliphatic heterocycles. The number of furan rings is 1. The minimum atomic E-state index is -0.662. The van der Waals surface area contributed by atoms with Crippen molar-refractivity contribution in [2.24, 2.45) is 0 Å². The molecule has 0 saturated carbocycles. The Balaban J connectivity index is 2.07. The van der Waals surface area contributed by atoms with Gasteiger partial charge in [-0.3, -0.25) is 0 Å². The van der Waals surface area contributed by atoms with Gasteiger partial charge in [-0.25, -0.2) is 0 Å². The van der Waals surface area contributed by atoms with Crippen LogP contribution in [-0.4, -0.2) is 5.11 Å². The van der Waals surface area contributed by atoms with Crippen molar-refractivity contribution in [1.82, 2.24) is 0 Å². The van der Waals surface area contributed by atoms with Crippen LogP contribution < -0.4 is 0 Å². The highest BCUT2D eigenvalue weighted by Crippen LogP contribution is 2.22. The molecule has 1 heterocycles. The third-order valence-corrected chi connectivity index (χ3v) is 2.93. The monoisotopic (exact) mass is 230 g/mol. The summed E-state index contributed by atoms with van der Waals surface area (Å²) in [6.45, 7) is 2.19. The first-order valence-electron chi connectivity index (χ1n) is 6.11. The number of hydrogen-bond donors (Lipinski definition) is 1. The van der Waals surface area contributed by atoms with Crippen LogP contribution in [0.2, 0.25) is 0 Å². The molecule has 0 amide bonds. The third-order valence-electron chi connectivity index (χ3n) is 2.93. The molecule has 0 fully saturated rings. The second-order valence-electron chi connectivity index (χ2n) is 4.26. The summed E-state index contributed by atoms with van der Waals surface area (Å²) in [4.78, 5) is 0. The first-order chi connectivity index (χ1) is 8.31. The van der Waals surface area contributed by atoms with Gasteiger partial charge >= 0.3 is 0 Å². The van der Waals surface area contributed by atoms with Gasteiger partial charge in [-0.2, -0.15) is 0 Å². The number of hydrogen-bond acceptors (Lipinski definition) is 2. The standard InChI is InChI=1S/C15H18O2/c1-2-3-5-12-7-9-13(10-8-12)15(16)14-6-4-11-17-14/h4,6-11,15-16H,2-3,5H2,1H3/t15-/m0/s1. The summed E-state index contributed by atoms with van der Waals surface area (Å²) in [6, 6.07) is 11.7. The fourth-order valence-electron chi connectivity index (χ4n) is 1.86. The Morgan fingerprint density at radius 2 is 1.94 bits per heavy atom. The van der Waals surface area contributed by atoms with Gasteiger partial charge in [0.2, 0.25) is 0 Å². The molecule has 0 radical (unpaired) electrons. The molecule has 0 unspecified atom stereocenters. The van der Waals surface area contributed by atoms with Crippen LogP contribution in [0, 0.1) is 0 Å². The van der Waals surface area contributed by atoms with E-state index in [0.717, 1.165) is 12.0 Å². The van der Waals surface area contributed by atoms with Gasteiger partial charge in [0, 0.05) is 0 Å². The van der Waals surface area contributed by atoms with Crippen molar-refractivity contribution < 1.29 is 9.52 Å². The minimum absolute atomic E-state index is 0.589. The molecule has 0 aliphatic rings. The van der Waals surface area contributed by atoms with Gasteiger partial charge in [0.1, 0.15) is 11.9 Å². The van der Waals surface area contributed by atoms with Crippen molar-refractivity contribution in [3.8, 4) is 0 Å². The Labute approximate surface area is 102 Å². The van der Waals surface area contributed by atoms with E-state index in [1.54, 1.807) is 18.4 Å². The highest BCUT2D eigenvalue weighted by molar-refractivity contribution is 5.28. The zero-order valence-electron chi connectivity index (χ0n) is 10.1. The predicted octanol–water partition coefficient (Wildman–Crippen LogP) is 3.70. The highest BCUT2D eigenvalue weighted by Gasteiger charge is 2.12. The average molecular weight is 230 g/mol. The molecule has 2 rings (SSSR count). The van der Waals surface area contributed by atoms with Gasteiger partial charge in [-0.15, -0.1) is 0 Å². The second-order valence-corrected chi connectivity index (χ2v) is 4.26. The summed E-state index contributed by atoms with van der Waals surface area (Å²) >= 11 is 0. The molecule has 0 bridgehead atoms. The van der Waals surface area contributed by atoms with Crippen molar-refractivity contribution in [1.29, 1.82) is 0 Å². The molecular formula is C15H18O2. The number of aliphatic hydroxyl groups is 1. The lowest BCUT2D eigenvalue weighted by Crippen LogP contribution is -1.98. The molecule has 2 aromatic rings. The molecule has 2 nitrogen and oxygen atoms in total. The Kier molecular flexibility index (Phi) is 3.99. The fraction of sp³-hybridized carbons (Fsp3) is 0.333. The Morgan fingerprint density at radius 3 is 2.53 bits per heavy atom. The molecule has 1 aromatic heterocycles. The number of aliphatic hydroxyl groups excluding tert-OH is 1. The van der Waals surface area contributed by atoms with Crippen molar-refractivity contribution >= 4 is 0 Å². The Hall–Kier alpha value is -1.54. The molecule has 90 valence electrons. The summed E-state index contributed by atoms with van der Waals surface area (Å²) in [6.07, 6.45) is 4.43. The molecule has 1 N–H and O–H groups in total. The SMILES string of the molecule is CCCCc1ccc([C@H](O)c2ccco2)cc1. The first kappa shape index (κ1) is 11.9. The molecule has 17 heavy (non-hydrogen) atoms. The van der Waals surface area contributed by atoms with Gasteiger partial charge in [-0.05, 0) is 36.1 Å². The number of unbranched alkanes of at least 4 members (excludes halogenated alkanes) is 1. The van der Waals surface area contributed by atoms with Crippen molar-refractivity contribution in [2.75, 3.05) is 0 Å². The topological polar surface area (TPSA) is 33.4 Å². The molecule has 2 heteroatoms. The minimum Gasteiger partial charge on any atom is -0.466 e. The summed E-state index contributed by atoms with van der Waals surface area (Å²) in [5, 5.41) is 10.1. The van der Waals surface area contributed by atoms with Crippen LogP contribution in [0.15, 0.2) is 47.1 Å². The lowest BCUT2D eigenvalue weighted by molar-refractivity contribution is 0.189. The largest absolute Gasteiger partial charge is 0.466 e. The Morgan fingerprint density at radius 1 is 1.18 bits per heavy atom.